The maximum atomic E-state index is 6.17. The number of thiazole rings is 1. The van der Waals surface area contributed by atoms with Crippen LogP contribution in [0.2, 0.25) is 10.0 Å². The predicted octanol–water partition coefficient (Wildman–Crippen LogP) is 5.44. The average Bonchev–Trinajstić information content (AvgIpc) is 2.64. The normalized spacial score (nSPS) is 10.7. The molecular weight excluding hydrogens is 355 g/mol. The van der Waals surface area contributed by atoms with E-state index < -0.39 is 0 Å². The summed E-state index contributed by atoms with van der Waals surface area (Å²) in [5, 5.41) is 5.42. The lowest BCUT2D eigenvalue weighted by molar-refractivity contribution is 1.11. The van der Waals surface area contributed by atoms with Crippen LogP contribution in [0.4, 0.5) is 5.69 Å². The maximum Gasteiger partial charge on any atom is 0.0900 e. The second kappa shape index (κ2) is 5.78. The highest BCUT2D eigenvalue weighted by Gasteiger charge is 2.09. The quantitative estimate of drug-likeness (QED) is 0.732. The third-order valence-corrected chi connectivity index (χ3v) is 5.32. The van der Waals surface area contributed by atoms with Crippen LogP contribution in [0.25, 0.3) is 0 Å². The number of benzene rings is 1. The van der Waals surface area contributed by atoms with Gasteiger partial charge in [0.1, 0.15) is 0 Å². The molecule has 0 radical (unpaired) electrons. The van der Waals surface area contributed by atoms with Gasteiger partial charge in [-0.15, -0.1) is 11.3 Å². The zero-order chi connectivity index (χ0) is 13.3. The molecule has 2 aromatic rings. The van der Waals surface area contributed by atoms with Crippen molar-refractivity contribution in [2.24, 2.45) is 0 Å². The van der Waals surface area contributed by atoms with Gasteiger partial charge >= 0.3 is 0 Å². The van der Waals surface area contributed by atoms with Gasteiger partial charge in [-0.3, -0.25) is 0 Å². The summed E-state index contributed by atoms with van der Waals surface area (Å²) >= 11 is 17.3. The largest absolute Gasteiger partial charge is 0.379 e. The zero-order valence-corrected chi connectivity index (χ0v) is 13.8. The molecule has 18 heavy (non-hydrogen) atoms. The van der Waals surface area contributed by atoms with Crippen LogP contribution in [0.1, 0.15) is 15.6 Å². The van der Waals surface area contributed by atoms with Gasteiger partial charge in [0.25, 0.3) is 0 Å². The highest BCUT2D eigenvalue weighted by molar-refractivity contribution is 9.10. The molecule has 1 aromatic carbocycles. The Bertz CT molecular complexity index is 584. The summed E-state index contributed by atoms with van der Waals surface area (Å²) in [5.41, 5.74) is 1.89. The average molecular weight is 366 g/mol. The molecule has 96 valence electrons. The standard InChI is InChI=1S/C12H11BrCl2N2S/c1-6-10(18-7(2)17-6)5-16-9-4-3-8(13)11(14)12(9)15/h3-4,16H,5H2,1-2H3. The van der Waals surface area contributed by atoms with Crippen molar-refractivity contribution < 1.29 is 0 Å². The van der Waals surface area contributed by atoms with Gasteiger partial charge in [0.2, 0.25) is 0 Å². The van der Waals surface area contributed by atoms with E-state index in [0.717, 1.165) is 20.9 Å². The lowest BCUT2D eigenvalue weighted by Crippen LogP contribution is -1.99. The van der Waals surface area contributed by atoms with Gasteiger partial charge in [-0.05, 0) is 41.9 Å². The summed E-state index contributed by atoms with van der Waals surface area (Å²) in [4.78, 5) is 5.60. The van der Waals surface area contributed by atoms with Gasteiger partial charge in [0.05, 0.1) is 33.0 Å². The fraction of sp³-hybridized carbons (Fsp3) is 0.250. The van der Waals surface area contributed by atoms with Gasteiger partial charge in [0, 0.05) is 9.35 Å². The van der Waals surface area contributed by atoms with Crippen LogP contribution in [0.15, 0.2) is 16.6 Å². The van der Waals surface area contributed by atoms with Crippen molar-refractivity contribution in [1.29, 1.82) is 0 Å². The molecule has 0 bridgehead atoms. The first kappa shape index (κ1) is 14.1. The number of nitrogens with one attached hydrogen (secondary N) is 1. The molecule has 1 aromatic heterocycles. The van der Waals surface area contributed by atoms with Crippen molar-refractivity contribution in [1.82, 2.24) is 4.98 Å². The molecule has 0 saturated heterocycles. The van der Waals surface area contributed by atoms with Crippen molar-refractivity contribution >= 4 is 56.2 Å². The smallest absolute Gasteiger partial charge is 0.0900 e. The lowest BCUT2D eigenvalue weighted by Gasteiger charge is -2.09. The molecule has 0 aliphatic heterocycles. The van der Waals surface area contributed by atoms with Crippen molar-refractivity contribution in [3.8, 4) is 0 Å². The van der Waals surface area contributed by atoms with E-state index in [-0.39, 0.29) is 0 Å². The minimum atomic E-state index is 0.527. The van der Waals surface area contributed by atoms with E-state index in [1.165, 1.54) is 4.88 Å². The van der Waals surface area contributed by atoms with Gasteiger partial charge in [0.15, 0.2) is 0 Å². The topological polar surface area (TPSA) is 24.9 Å². The zero-order valence-electron chi connectivity index (χ0n) is 9.85. The first-order valence-corrected chi connectivity index (χ1v) is 7.66. The Labute approximate surface area is 128 Å². The number of rotatable bonds is 3. The summed E-state index contributed by atoms with van der Waals surface area (Å²) in [7, 11) is 0. The maximum absolute atomic E-state index is 6.17. The van der Waals surface area contributed by atoms with Crippen LogP contribution in [0.3, 0.4) is 0 Å². The Kier molecular flexibility index (Phi) is 4.54. The van der Waals surface area contributed by atoms with Gasteiger partial charge < -0.3 is 5.32 Å². The molecular formula is C12H11BrCl2N2S. The van der Waals surface area contributed by atoms with E-state index in [0.29, 0.717) is 16.6 Å². The number of nitrogens with zero attached hydrogens (tertiary/aromatic N) is 1. The van der Waals surface area contributed by atoms with Gasteiger partial charge in [-0.1, -0.05) is 23.2 Å². The summed E-state index contributed by atoms with van der Waals surface area (Å²) in [5.74, 6) is 0. The third-order valence-electron chi connectivity index (χ3n) is 2.47. The highest BCUT2D eigenvalue weighted by Crippen LogP contribution is 2.36. The van der Waals surface area contributed by atoms with E-state index >= 15 is 0 Å². The molecule has 0 aliphatic rings. The van der Waals surface area contributed by atoms with Crippen molar-refractivity contribution in [2.45, 2.75) is 20.4 Å². The second-order valence-corrected chi connectivity index (χ2v) is 6.72. The first-order valence-electron chi connectivity index (χ1n) is 5.29. The number of aromatic nitrogens is 1. The van der Waals surface area contributed by atoms with Crippen LogP contribution in [0.5, 0.6) is 0 Å². The lowest BCUT2D eigenvalue weighted by atomic mass is 10.3. The number of hydrogen-bond donors (Lipinski definition) is 1. The molecule has 0 amide bonds. The Morgan fingerprint density at radius 1 is 1.28 bits per heavy atom. The van der Waals surface area contributed by atoms with Crippen LogP contribution in [0, 0.1) is 13.8 Å². The van der Waals surface area contributed by atoms with Gasteiger partial charge in [-0.2, -0.15) is 0 Å². The predicted molar refractivity (Wildman–Crippen MR) is 83.1 cm³/mol. The molecule has 0 atom stereocenters. The summed E-state index contributed by atoms with van der Waals surface area (Å²) in [6.07, 6.45) is 0. The van der Waals surface area contributed by atoms with E-state index in [9.17, 15) is 0 Å². The minimum Gasteiger partial charge on any atom is -0.379 e. The second-order valence-electron chi connectivity index (χ2n) is 3.82. The molecule has 0 aliphatic carbocycles. The molecule has 0 spiro atoms. The first-order chi connectivity index (χ1) is 8.49. The van der Waals surface area contributed by atoms with Crippen molar-refractivity contribution in [3.05, 3.63) is 42.2 Å². The van der Waals surface area contributed by atoms with Crippen molar-refractivity contribution in [2.75, 3.05) is 5.32 Å². The molecule has 1 N–H and O–H groups in total. The minimum absolute atomic E-state index is 0.527. The van der Waals surface area contributed by atoms with E-state index in [1.807, 2.05) is 26.0 Å². The number of hydrogen-bond acceptors (Lipinski definition) is 3. The SMILES string of the molecule is Cc1nc(C)c(CNc2ccc(Br)c(Cl)c2Cl)s1. The Morgan fingerprint density at radius 2 is 2.00 bits per heavy atom. The summed E-state index contributed by atoms with van der Waals surface area (Å²) < 4.78 is 0.796. The number of anilines is 1. The summed E-state index contributed by atoms with van der Waals surface area (Å²) in [6, 6.07) is 3.78. The number of aryl methyl sites for hydroxylation is 2. The molecule has 0 fully saturated rings. The molecule has 2 rings (SSSR count). The van der Waals surface area contributed by atoms with Crippen LogP contribution >= 0.6 is 50.5 Å². The van der Waals surface area contributed by atoms with E-state index in [1.54, 1.807) is 11.3 Å². The van der Waals surface area contributed by atoms with Crippen LogP contribution in [-0.4, -0.2) is 4.98 Å². The molecule has 6 heteroatoms. The third kappa shape index (κ3) is 2.99. The van der Waals surface area contributed by atoms with Gasteiger partial charge in [-0.25, -0.2) is 4.98 Å². The molecule has 0 saturated carbocycles. The van der Waals surface area contributed by atoms with E-state index in [2.05, 4.69) is 26.2 Å². The Hall–Kier alpha value is -0.290. The Morgan fingerprint density at radius 3 is 2.61 bits per heavy atom. The molecule has 0 unspecified atom stereocenters. The van der Waals surface area contributed by atoms with Crippen LogP contribution < -0.4 is 5.32 Å². The molecule has 2 nitrogen and oxygen atoms in total. The monoisotopic (exact) mass is 364 g/mol. The molecule has 1 heterocycles. The van der Waals surface area contributed by atoms with E-state index in [4.69, 9.17) is 23.2 Å². The Balaban J connectivity index is 2.16. The highest BCUT2D eigenvalue weighted by atomic mass is 79.9. The fourth-order valence-electron chi connectivity index (χ4n) is 1.58. The summed E-state index contributed by atoms with van der Waals surface area (Å²) in [6.45, 7) is 4.72. The number of halogens is 3. The van der Waals surface area contributed by atoms with Crippen molar-refractivity contribution in [3.63, 3.8) is 0 Å². The fourth-order valence-corrected chi connectivity index (χ4v) is 3.29. The van der Waals surface area contributed by atoms with Crippen LogP contribution in [-0.2, 0) is 6.54 Å².